The largest absolute Gasteiger partial charge is 0.324 e. The summed E-state index contributed by atoms with van der Waals surface area (Å²) in [7, 11) is 0. The number of nitrogens with two attached hydrogens (primary N) is 1. The molecule has 0 saturated carbocycles. The molecule has 0 bridgehead atoms. The van der Waals surface area contributed by atoms with E-state index in [-0.39, 0.29) is 10.8 Å². The lowest BCUT2D eigenvalue weighted by Crippen LogP contribution is -2.13. The van der Waals surface area contributed by atoms with Gasteiger partial charge in [0.15, 0.2) is 0 Å². The Kier molecular flexibility index (Phi) is 3.94. The van der Waals surface area contributed by atoms with E-state index in [0.29, 0.717) is 12.0 Å². The predicted octanol–water partition coefficient (Wildman–Crippen LogP) is 3.86. The standard InChI is InChI=1S/C14H12ClF2N/c15-12-5-4-10(8-13(12)17)14(18)7-9-2-1-3-11(16)6-9/h1-6,8,14H,7,18H2. The Balaban J connectivity index is 2.16. The first-order valence-corrected chi connectivity index (χ1v) is 5.89. The van der Waals surface area contributed by atoms with Crippen LogP contribution in [-0.4, -0.2) is 0 Å². The van der Waals surface area contributed by atoms with Gasteiger partial charge in [-0.25, -0.2) is 8.78 Å². The molecule has 0 heterocycles. The Hall–Kier alpha value is -1.45. The highest BCUT2D eigenvalue weighted by molar-refractivity contribution is 6.30. The summed E-state index contributed by atoms with van der Waals surface area (Å²) in [5, 5.41) is 0.0664. The van der Waals surface area contributed by atoms with Crippen molar-refractivity contribution in [3.8, 4) is 0 Å². The number of benzene rings is 2. The molecule has 0 aliphatic heterocycles. The molecule has 0 amide bonds. The van der Waals surface area contributed by atoms with Gasteiger partial charge in [0.25, 0.3) is 0 Å². The summed E-state index contributed by atoms with van der Waals surface area (Å²) in [5.41, 5.74) is 7.38. The minimum atomic E-state index is -0.496. The van der Waals surface area contributed by atoms with Gasteiger partial charge in [0, 0.05) is 6.04 Å². The van der Waals surface area contributed by atoms with Gasteiger partial charge in [-0.1, -0.05) is 29.8 Å². The highest BCUT2D eigenvalue weighted by Gasteiger charge is 2.10. The summed E-state index contributed by atoms with van der Waals surface area (Å²) in [6.45, 7) is 0. The minimum absolute atomic E-state index is 0.0664. The fourth-order valence-electron chi connectivity index (χ4n) is 1.78. The van der Waals surface area contributed by atoms with Gasteiger partial charge in [-0.15, -0.1) is 0 Å². The van der Waals surface area contributed by atoms with Crippen LogP contribution in [0.25, 0.3) is 0 Å². The van der Waals surface area contributed by atoms with Crippen LogP contribution in [0.1, 0.15) is 17.2 Å². The predicted molar refractivity (Wildman–Crippen MR) is 68.4 cm³/mol. The van der Waals surface area contributed by atoms with Crippen molar-refractivity contribution in [3.05, 3.63) is 70.2 Å². The number of hydrogen-bond acceptors (Lipinski definition) is 1. The molecular weight excluding hydrogens is 256 g/mol. The molecule has 2 aromatic rings. The van der Waals surface area contributed by atoms with Gasteiger partial charge >= 0.3 is 0 Å². The van der Waals surface area contributed by atoms with Gasteiger partial charge in [0.05, 0.1) is 5.02 Å². The molecule has 2 N–H and O–H groups in total. The van der Waals surface area contributed by atoms with E-state index in [4.69, 9.17) is 17.3 Å². The van der Waals surface area contributed by atoms with Crippen molar-refractivity contribution in [2.45, 2.75) is 12.5 Å². The zero-order chi connectivity index (χ0) is 13.1. The van der Waals surface area contributed by atoms with E-state index < -0.39 is 11.9 Å². The molecule has 94 valence electrons. The summed E-state index contributed by atoms with van der Waals surface area (Å²) < 4.78 is 26.3. The molecule has 18 heavy (non-hydrogen) atoms. The second-order valence-electron chi connectivity index (χ2n) is 4.11. The van der Waals surface area contributed by atoms with Gasteiger partial charge in [-0.2, -0.15) is 0 Å². The van der Waals surface area contributed by atoms with Crippen LogP contribution in [-0.2, 0) is 6.42 Å². The van der Waals surface area contributed by atoms with Crippen molar-refractivity contribution < 1.29 is 8.78 Å². The van der Waals surface area contributed by atoms with Crippen molar-refractivity contribution in [3.63, 3.8) is 0 Å². The average molecular weight is 268 g/mol. The SMILES string of the molecule is NC(Cc1cccc(F)c1)c1ccc(Cl)c(F)c1. The summed E-state index contributed by atoms with van der Waals surface area (Å²) in [6, 6.07) is 10.3. The van der Waals surface area contributed by atoms with Crippen LogP contribution in [0.15, 0.2) is 42.5 Å². The first kappa shape index (κ1) is 13.0. The van der Waals surface area contributed by atoms with Gasteiger partial charge in [0.2, 0.25) is 0 Å². The Morgan fingerprint density at radius 2 is 1.89 bits per heavy atom. The molecule has 1 atom stereocenters. The van der Waals surface area contributed by atoms with E-state index in [2.05, 4.69) is 0 Å². The highest BCUT2D eigenvalue weighted by atomic mass is 35.5. The maximum atomic E-state index is 13.3. The Morgan fingerprint density at radius 1 is 1.11 bits per heavy atom. The van der Waals surface area contributed by atoms with E-state index in [1.165, 1.54) is 24.3 Å². The van der Waals surface area contributed by atoms with Gasteiger partial charge in [-0.3, -0.25) is 0 Å². The first-order valence-electron chi connectivity index (χ1n) is 5.51. The van der Waals surface area contributed by atoms with E-state index in [9.17, 15) is 8.78 Å². The lowest BCUT2D eigenvalue weighted by molar-refractivity contribution is 0.614. The maximum Gasteiger partial charge on any atom is 0.142 e. The van der Waals surface area contributed by atoms with Crippen molar-refractivity contribution in [1.82, 2.24) is 0 Å². The molecule has 0 spiro atoms. The third kappa shape index (κ3) is 3.06. The Bertz CT molecular complexity index is 557. The van der Waals surface area contributed by atoms with E-state index in [1.807, 2.05) is 0 Å². The smallest absolute Gasteiger partial charge is 0.142 e. The molecule has 0 aliphatic rings. The highest BCUT2D eigenvalue weighted by Crippen LogP contribution is 2.21. The monoisotopic (exact) mass is 267 g/mol. The molecule has 1 nitrogen and oxygen atoms in total. The van der Waals surface area contributed by atoms with E-state index >= 15 is 0 Å². The summed E-state index contributed by atoms with van der Waals surface area (Å²) in [4.78, 5) is 0. The van der Waals surface area contributed by atoms with Gasteiger partial charge in [-0.05, 0) is 41.8 Å². The quantitative estimate of drug-likeness (QED) is 0.898. The third-order valence-electron chi connectivity index (χ3n) is 2.72. The molecule has 0 aromatic heterocycles. The maximum absolute atomic E-state index is 13.3. The molecule has 0 saturated heterocycles. The van der Waals surface area contributed by atoms with Crippen LogP contribution in [0.2, 0.25) is 5.02 Å². The molecule has 0 fully saturated rings. The molecule has 0 aliphatic carbocycles. The normalized spacial score (nSPS) is 12.4. The van der Waals surface area contributed by atoms with Crippen LogP contribution in [0.3, 0.4) is 0 Å². The topological polar surface area (TPSA) is 26.0 Å². The zero-order valence-corrected chi connectivity index (χ0v) is 10.3. The van der Waals surface area contributed by atoms with Gasteiger partial charge in [0.1, 0.15) is 11.6 Å². The van der Waals surface area contributed by atoms with E-state index in [1.54, 1.807) is 18.2 Å². The first-order chi connectivity index (χ1) is 8.56. The van der Waals surface area contributed by atoms with Gasteiger partial charge < -0.3 is 5.73 Å². The van der Waals surface area contributed by atoms with Crippen LogP contribution >= 0.6 is 11.6 Å². The van der Waals surface area contributed by atoms with Crippen LogP contribution in [0.4, 0.5) is 8.78 Å². The Labute approximate surface area is 109 Å². The zero-order valence-electron chi connectivity index (χ0n) is 9.54. The van der Waals surface area contributed by atoms with Crippen LogP contribution in [0.5, 0.6) is 0 Å². The van der Waals surface area contributed by atoms with Crippen molar-refractivity contribution >= 4 is 11.6 Å². The number of rotatable bonds is 3. The number of hydrogen-bond donors (Lipinski definition) is 1. The average Bonchev–Trinajstić information content (AvgIpc) is 2.32. The summed E-state index contributed by atoms with van der Waals surface area (Å²) in [6.07, 6.45) is 0.443. The summed E-state index contributed by atoms with van der Waals surface area (Å²) >= 11 is 5.60. The second kappa shape index (κ2) is 5.46. The summed E-state index contributed by atoms with van der Waals surface area (Å²) in [5.74, 6) is -0.800. The van der Waals surface area contributed by atoms with Crippen molar-refractivity contribution in [2.75, 3.05) is 0 Å². The van der Waals surface area contributed by atoms with E-state index in [0.717, 1.165) is 5.56 Å². The lowest BCUT2D eigenvalue weighted by Gasteiger charge is -2.12. The molecule has 0 radical (unpaired) electrons. The third-order valence-corrected chi connectivity index (χ3v) is 3.02. The van der Waals surface area contributed by atoms with Crippen molar-refractivity contribution in [1.29, 1.82) is 0 Å². The van der Waals surface area contributed by atoms with Crippen molar-refractivity contribution in [2.24, 2.45) is 5.73 Å². The molecule has 1 unspecified atom stereocenters. The lowest BCUT2D eigenvalue weighted by atomic mass is 9.99. The van der Waals surface area contributed by atoms with Crippen LogP contribution in [0, 0.1) is 11.6 Å². The molecular formula is C14H12ClF2N. The Morgan fingerprint density at radius 3 is 2.56 bits per heavy atom. The molecule has 4 heteroatoms. The second-order valence-corrected chi connectivity index (χ2v) is 4.52. The fraction of sp³-hybridized carbons (Fsp3) is 0.143. The fourth-order valence-corrected chi connectivity index (χ4v) is 1.90. The minimum Gasteiger partial charge on any atom is -0.324 e. The molecule has 2 aromatic carbocycles. The number of halogens is 3. The molecule has 2 rings (SSSR count). The van der Waals surface area contributed by atoms with Crippen LogP contribution < -0.4 is 5.73 Å².